The molecule has 8 nitrogen and oxygen atoms in total. The molecule has 0 saturated carbocycles. The van der Waals surface area contributed by atoms with Crippen molar-refractivity contribution in [2.75, 3.05) is 26.9 Å². The van der Waals surface area contributed by atoms with E-state index in [-0.39, 0.29) is 6.03 Å². The van der Waals surface area contributed by atoms with Gasteiger partial charge in [-0.2, -0.15) is 4.98 Å². The fraction of sp³-hybridized carbons (Fsp3) is 0.320. The number of nitrogens with zero attached hydrogens (tertiary/aromatic N) is 3. The van der Waals surface area contributed by atoms with Crippen LogP contribution < -0.4 is 10.1 Å². The number of aromatic nitrogens is 2. The van der Waals surface area contributed by atoms with E-state index in [9.17, 15) is 4.79 Å². The highest BCUT2D eigenvalue weighted by Gasteiger charge is 2.35. The van der Waals surface area contributed by atoms with Crippen molar-refractivity contribution < 1.29 is 18.8 Å². The minimum atomic E-state index is -0.402. The third-order valence-corrected chi connectivity index (χ3v) is 5.59. The lowest BCUT2D eigenvalue weighted by molar-refractivity contribution is 0.136. The lowest BCUT2D eigenvalue weighted by atomic mass is 9.94. The maximum absolute atomic E-state index is 13.0. The summed E-state index contributed by atoms with van der Waals surface area (Å²) in [6.07, 6.45) is 0.723. The van der Waals surface area contributed by atoms with Crippen molar-refractivity contribution in [3.8, 4) is 17.1 Å². The molecule has 1 atom stereocenters. The Morgan fingerprint density at radius 2 is 1.97 bits per heavy atom. The van der Waals surface area contributed by atoms with Gasteiger partial charge in [-0.05, 0) is 38.0 Å². The minimum Gasteiger partial charge on any atom is -0.497 e. The number of amides is 2. The number of rotatable bonds is 9. The second-order valence-corrected chi connectivity index (χ2v) is 7.65. The largest absolute Gasteiger partial charge is 0.497 e. The van der Waals surface area contributed by atoms with Crippen molar-refractivity contribution in [2.24, 2.45) is 0 Å². The number of methoxy groups -OCH3 is 1. The molecule has 1 unspecified atom stereocenters. The summed E-state index contributed by atoms with van der Waals surface area (Å²) in [5.74, 6) is 1.53. The first kappa shape index (κ1) is 22.5. The molecule has 8 heteroatoms. The van der Waals surface area contributed by atoms with Gasteiger partial charge in [-0.1, -0.05) is 47.6 Å². The number of urea groups is 1. The molecule has 1 aromatic heterocycles. The summed E-state index contributed by atoms with van der Waals surface area (Å²) in [5.41, 5.74) is 3.28. The molecule has 0 saturated heterocycles. The van der Waals surface area contributed by atoms with Gasteiger partial charge < -0.3 is 19.3 Å². The number of hydrogen-bond donors (Lipinski definition) is 1. The summed E-state index contributed by atoms with van der Waals surface area (Å²) in [6, 6.07) is 16.7. The fourth-order valence-electron chi connectivity index (χ4n) is 3.90. The molecule has 0 aliphatic carbocycles. The van der Waals surface area contributed by atoms with Gasteiger partial charge in [0.1, 0.15) is 5.75 Å². The number of benzene rings is 2. The summed E-state index contributed by atoms with van der Waals surface area (Å²) in [6.45, 7) is 5.64. The third kappa shape index (κ3) is 4.90. The SMILES string of the molecule is CCOCCCN1C(=O)NC(c2ccccc2)C(c2nc(-c3cccc(OC)c3)no2)=C1C. The second-order valence-electron chi connectivity index (χ2n) is 7.65. The Morgan fingerprint density at radius 3 is 2.73 bits per heavy atom. The first-order valence-electron chi connectivity index (χ1n) is 11.0. The Balaban J connectivity index is 1.72. The van der Waals surface area contributed by atoms with Crippen molar-refractivity contribution in [1.82, 2.24) is 20.4 Å². The van der Waals surface area contributed by atoms with Gasteiger partial charge in [-0.3, -0.25) is 4.90 Å². The van der Waals surface area contributed by atoms with Crippen LogP contribution in [0.15, 0.2) is 64.8 Å². The Kier molecular flexibility index (Phi) is 7.04. The van der Waals surface area contributed by atoms with Gasteiger partial charge in [0.2, 0.25) is 5.82 Å². The highest BCUT2D eigenvalue weighted by molar-refractivity contribution is 5.86. The molecule has 3 aromatic rings. The van der Waals surface area contributed by atoms with Crippen LogP contribution in [0.2, 0.25) is 0 Å². The molecule has 0 fully saturated rings. The predicted octanol–water partition coefficient (Wildman–Crippen LogP) is 4.67. The predicted molar refractivity (Wildman–Crippen MR) is 124 cm³/mol. The van der Waals surface area contributed by atoms with Crippen LogP contribution in [0, 0.1) is 0 Å². The van der Waals surface area contributed by atoms with Crippen molar-refractivity contribution in [3.05, 3.63) is 71.7 Å². The number of carbonyl (C=O) groups excluding carboxylic acids is 1. The zero-order valence-electron chi connectivity index (χ0n) is 19.1. The standard InChI is InChI=1S/C25H28N4O4/c1-4-32-15-9-14-29-17(2)21(22(26-25(29)30)18-10-6-5-7-11-18)24-27-23(28-33-24)19-12-8-13-20(16-19)31-3/h5-8,10-13,16,22H,4,9,14-15H2,1-3H3,(H,26,30). The lowest BCUT2D eigenvalue weighted by Crippen LogP contribution is -2.46. The van der Waals surface area contributed by atoms with Crippen molar-refractivity contribution in [2.45, 2.75) is 26.3 Å². The monoisotopic (exact) mass is 448 g/mol. The maximum Gasteiger partial charge on any atom is 0.322 e. The third-order valence-electron chi connectivity index (χ3n) is 5.59. The Labute approximate surface area is 193 Å². The zero-order valence-corrected chi connectivity index (χ0v) is 19.1. The van der Waals surface area contributed by atoms with Crippen LogP contribution in [0.25, 0.3) is 17.0 Å². The first-order valence-corrected chi connectivity index (χ1v) is 11.0. The molecule has 2 amide bonds. The summed E-state index contributed by atoms with van der Waals surface area (Å²) < 4.78 is 16.5. The van der Waals surface area contributed by atoms with E-state index in [0.29, 0.717) is 37.2 Å². The van der Waals surface area contributed by atoms with Crippen LogP contribution >= 0.6 is 0 Å². The average molecular weight is 449 g/mol. The number of allylic oxidation sites excluding steroid dienone is 1. The number of nitrogens with one attached hydrogen (secondary N) is 1. The quantitative estimate of drug-likeness (QED) is 0.479. The molecule has 33 heavy (non-hydrogen) atoms. The van der Waals surface area contributed by atoms with E-state index < -0.39 is 6.04 Å². The Hall–Kier alpha value is -3.65. The molecule has 1 N–H and O–H groups in total. The topological polar surface area (TPSA) is 89.7 Å². The summed E-state index contributed by atoms with van der Waals surface area (Å²) in [7, 11) is 1.62. The fourth-order valence-corrected chi connectivity index (χ4v) is 3.90. The van der Waals surface area contributed by atoms with Gasteiger partial charge in [0, 0.05) is 31.0 Å². The van der Waals surface area contributed by atoms with E-state index >= 15 is 0 Å². The van der Waals surface area contributed by atoms with Crippen LogP contribution in [-0.4, -0.2) is 47.9 Å². The number of carbonyl (C=O) groups is 1. The molecule has 1 aliphatic rings. The molecular weight excluding hydrogens is 420 g/mol. The second kappa shape index (κ2) is 10.3. The summed E-state index contributed by atoms with van der Waals surface area (Å²) in [5, 5.41) is 7.31. The highest BCUT2D eigenvalue weighted by atomic mass is 16.5. The highest BCUT2D eigenvalue weighted by Crippen LogP contribution is 2.37. The molecular formula is C25H28N4O4. The maximum atomic E-state index is 13.0. The summed E-state index contributed by atoms with van der Waals surface area (Å²) in [4.78, 5) is 19.4. The molecule has 4 rings (SSSR count). The van der Waals surface area contributed by atoms with Gasteiger partial charge in [-0.25, -0.2) is 4.79 Å². The molecule has 0 bridgehead atoms. The average Bonchev–Trinajstić information content (AvgIpc) is 3.33. The van der Waals surface area contributed by atoms with E-state index in [2.05, 4.69) is 15.5 Å². The Morgan fingerprint density at radius 1 is 1.15 bits per heavy atom. The van der Waals surface area contributed by atoms with Crippen molar-refractivity contribution in [3.63, 3.8) is 0 Å². The van der Waals surface area contributed by atoms with Gasteiger partial charge in [-0.15, -0.1) is 0 Å². The van der Waals surface area contributed by atoms with E-state index in [0.717, 1.165) is 28.8 Å². The van der Waals surface area contributed by atoms with E-state index in [4.69, 9.17) is 14.0 Å². The van der Waals surface area contributed by atoms with E-state index in [1.807, 2.05) is 68.4 Å². The molecule has 1 aliphatic heterocycles. The van der Waals surface area contributed by atoms with Gasteiger partial charge in [0.05, 0.1) is 18.7 Å². The van der Waals surface area contributed by atoms with Crippen LogP contribution in [0.4, 0.5) is 4.79 Å². The van der Waals surface area contributed by atoms with Crippen molar-refractivity contribution >= 4 is 11.6 Å². The van der Waals surface area contributed by atoms with Crippen molar-refractivity contribution in [1.29, 1.82) is 0 Å². The van der Waals surface area contributed by atoms with Crippen LogP contribution in [0.1, 0.15) is 37.8 Å². The van der Waals surface area contributed by atoms with Gasteiger partial charge >= 0.3 is 6.03 Å². The van der Waals surface area contributed by atoms with Gasteiger partial charge in [0.25, 0.3) is 5.89 Å². The molecule has 0 spiro atoms. The smallest absolute Gasteiger partial charge is 0.322 e. The zero-order chi connectivity index (χ0) is 23.2. The van der Waals surface area contributed by atoms with Crippen LogP contribution in [0.3, 0.4) is 0 Å². The Bertz CT molecular complexity index is 1130. The number of ether oxygens (including phenoxy) is 2. The lowest BCUT2D eigenvalue weighted by Gasteiger charge is -2.35. The summed E-state index contributed by atoms with van der Waals surface area (Å²) >= 11 is 0. The van der Waals surface area contributed by atoms with E-state index in [1.54, 1.807) is 12.0 Å². The van der Waals surface area contributed by atoms with Gasteiger partial charge in [0.15, 0.2) is 0 Å². The molecule has 2 heterocycles. The number of hydrogen-bond acceptors (Lipinski definition) is 6. The molecule has 172 valence electrons. The molecule has 2 aromatic carbocycles. The van der Waals surface area contributed by atoms with Crippen LogP contribution in [-0.2, 0) is 4.74 Å². The molecule has 0 radical (unpaired) electrons. The normalized spacial score (nSPS) is 16.2. The van der Waals surface area contributed by atoms with E-state index in [1.165, 1.54) is 0 Å². The minimum absolute atomic E-state index is 0.158. The van der Waals surface area contributed by atoms with Crippen LogP contribution in [0.5, 0.6) is 5.75 Å². The first-order chi connectivity index (χ1) is 16.1.